The van der Waals surface area contributed by atoms with E-state index >= 15 is 0 Å². The van der Waals surface area contributed by atoms with Crippen LogP contribution in [-0.2, 0) is 11.2 Å². The smallest absolute Gasteiger partial charge is 0.222 e. The van der Waals surface area contributed by atoms with Crippen molar-refractivity contribution in [1.29, 1.82) is 0 Å². The Morgan fingerprint density at radius 3 is 2.79 bits per heavy atom. The van der Waals surface area contributed by atoms with Gasteiger partial charge in [0.15, 0.2) is 5.96 Å². The monoisotopic (exact) mass is 400 g/mol. The molecule has 0 saturated carbocycles. The summed E-state index contributed by atoms with van der Waals surface area (Å²) >= 11 is 0. The van der Waals surface area contributed by atoms with Crippen molar-refractivity contribution in [2.75, 3.05) is 26.2 Å². The van der Waals surface area contributed by atoms with Gasteiger partial charge in [-0.3, -0.25) is 9.79 Å². The second-order valence-electron chi connectivity index (χ2n) is 7.06. The number of nitrogens with zero attached hydrogens (tertiary/aromatic N) is 4. The lowest BCUT2D eigenvalue weighted by molar-refractivity contribution is -0.129. The van der Waals surface area contributed by atoms with Crippen LogP contribution in [0.25, 0.3) is 5.69 Å². The highest BCUT2D eigenvalue weighted by atomic mass is 19.1. The summed E-state index contributed by atoms with van der Waals surface area (Å²) in [5.74, 6) is 0.706. The molecule has 0 bridgehead atoms. The minimum absolute atomic E-state index is 0.202. The normalized spacial score (nSPS) is 16.9. The Morgan fingerprint density at radius 1 is 1.28 bits per heavy atom. The summed E-state index contributed by atoms with van der Waals surface area (Å²) < 4.78 is 14.8. The van der Waals surface area contributed by atoms with Crippen LogP contribution in [0.15, 0.2) is 41.5 Å². The average molecular weight is 401 g/mol. The number of nitrogens with one attached hydrogen (secondary N) is 2. The summed E-state index contributed by atoms with van der Waals surface area (Å²) in [4.78, 5) is 18.4. The van der Waals surface area contributed by atoms with Crippen LogP contribution in [0.5, 0.6) is 0 Å². The van der Waals surface area contributed by atoms with E-state index in [0.717, 1.165) is 43.4 Å². The van der Waals surface area contributed by atoms with Crippen molar-refractivity contribution in [2.24, 2.45) is 4.99 Å². The third-order valence-electron chi connectivity index (χ3n) is 4.90. The molecular formula is C21H29FN6O. The van der Waals surface area contributed by atoms with E-state index in [4.69, 9.17) is 0 Å². The zero-order valence-corrected chi connectivity index (χ0v) is 17.1. The molecule has 29 heavy (non-hydrogen) atoms. The van der Waals surface area contributed by atoms with Crippen LogP contribution in [0, 0.1) is 5.82 Å². The minimum atomic E-state index is -0.261. The fourth-order valence-corrected chi connectivity index (χ4v) is 3.36. The van der Waals surface area contributed by atoms with Crippen molar-refractivity contribution < 1.29 is 9.18 Å². The molecule has 1 aliphatic heterocycles. The molecule has 2 aromatic rings. The Bertz CT molecular complexity index is 832. The Kier molecular flexibility index (Phi) is 7.21. The van der Waals surface area contributed by atoms with Gasteiger partial charge in [-0.2, -0.15) is 5.10 Å². The second-order valence-corrected chi connectivity index (χ2v) is 7.06. The topological polar surface area (TPSA) is 74.6 Å². The number of aliphatic imine (C=N–C) groups is 1. The summed E-state index contributed by atoms with van der Waals surface area (Å²) in [7, 11) is 0. The number of carbonyl (C=O) groups is 1. The first-order valence-electron chi connectivity index (χ1n) is 10.2. The Labute approximate surface area is 171 Å². The fraction of sp³-hybridized carbons (Fsp3) is 0.476. The van der Waals surface area contributed by atoms with Gasteiger partial charge in [0.1, 0.15) is 5.82 Å². The highest BCUT2D eigenvalue weighted by Gasteiger charge is 2.25. The molecule has 8 heteroatoms. The fourth-order valence-electron chi connectivity index (χ4n) is 3.36. The molecular weight excluding hydrogens is 371 g/mol. The van der Waals surface area contributed by atoms with Gasteiger partial charge >= 0.3 is 0 Å². The van der Waals surface area contributed by atoms with Gasteiger partial charge in [-0.25, -0.2) is 9.07 Å². The highest BCUT2D eigenvalue weighted by Crippen LogP contribution is 2.11. The van der Waals surface area contributed by atoms with Crippen molar-refractivity contribution in [3.05, 3.63) is 48.0 Å². The van der Waals surface area contributed by atoms with E-state index in [2.05, 4.69) is 20.7 Å². The van der Waals surface area contributed by atoms with Crippen molar-refractivity contribution in [3.8, 4) is 5.69 Å². The van der Waals surface area contributed by atoms with Gasteiger partial charge in [0.25, 0.3) is 0 Å². The van der Waals surface area contributed by atoms with Crippen LogP contribution in [0.4, 0.5) is 4.39 Å². The average Bonchev–Trinajstić information content (AvgIpc) is 3.38. The number of aromatic nitrogens is 2. The number of hydrogen-bond acceptors (Lipinski definition) is 3. The molecule has 1 saturated heterocycles. The molecule has 7 nitrogen and oxygen atoms in total. The van der Waals surface area contributed by atoms with E-state index in [1.165, 1.54) is 12.1 Å². The first kappa shape index (κ1) is 20.8. The van der Waals surface area contributed by atoms with Gasteiger partial charge in [-0.15, -0.1) is 0 Å². The number of rotatable bonds is 7. The molecule has 0 aliphatic carbocycles. The summed E-state index contributed by atoms with van der Waals surface area (Å²) in [5, 5.41) is 11.2. The number of amides is 1. The molecule has 3 rings (SSSR count). The Balaban J connectivity index is 1.53. The molecule has 0 spiro atoms. The Hall–Kier alpha value is -2.90. The molecule has 1 aromatic heterocycles. The molecule has 1 fully saturated rings. The quantitative estimate of drug-likeness (QED) is 0.552. The SMILES string of the molecule is CCNC(=NCCc1ccn(-c2ccc(F)cc2)n1)NC1CCN(C(=O)CC)C1. The van der Waals surface area contributed by atoms with Crippen molar-refractivity contribution in [1.82, 2.24) is 25.3 Å². The van der Waals surface area contributed by atoms with E-state index in [-0.39, 0.29) is 17.8 Å². The van der Waals surface area contributed by atoms with Crippen LogP contribution in [0.2, 0.25) is 0 Å². The predicted molar refractivity (Wildman–Crippen MR) is 112 cm³/mol. The Morgan fingerprint density at radius 2 is 2.07 bits per heavy atom. The van der Waals surface area contributed by atoms with Crippen LogP contribution >= 0.6 is 0 Å². The highest BCUT2D eigenvalue weighted by molar-refractivity contribution is 5.80. The number of benzene rings is 1. The van der Waals surface area contributed by atoms with Gasteiger partial charge < -0.3 is 15.5 Å². The second kappa shape index (κ2) is 10.0. The zero-order valence-electron chi connectivity index (χ0n) is 17.1. The first-order valence-corrected chi connectivity index (χ1v) is 10.2. The summed E-state index contributed by atoms with van der Waals surface area (Å²) in [6.07, 6.45) is 4.05. The van der Waals surface area contributed by atoms with Crippen LogP contribution in [0.3, 0.4) is 0 Å². The van der Waals surface area contributed by atoms with Crippen molar-refractivity contribution in [2.45, 2.75) is 39.2 Å². The lowest BCUT2D eigenvalue weighted by Gasteiger charge is -2.18. The van der Waals surface area contributed by atoms with E-state index in [1.807, 2.05) is 31.0 Å². The van der Waals surface area contributed by atoms with Crippen LogP contribution in [-0.4, -0.2) is 58.8 Å². The lowest BCUT2D eigenvalue weighted by Crippen LogP contribution is -2.45. The maximum atomic E-state index is 13.1. The lowest BCUT2D eigenvalue weighted by atomic mass is 10.3. The van der Waals surface area contributed by atoms with Crippen LogP contribution in [0.1, 0.15) is 32.4 Å². The van der Waals surface area contributed by atoms with E-state index in [0.29, 0.717) is 19.4 Å². The summed E-state index contributed by atoms with van der Waals surface area (Å²) in [6.45, 7) is 6.81. The van der Waals surface area contributed by atoms with Gasteiger partial charge in [-0.05, 0) is 43.7 Å². The number of likely N-dealkylation sites (tertiary alicyclic amines) is 1. The number of halogens is 1. The van der Waals surface area contributed by atoms with Crippen molar-refractivity contribution >= 4 is 11.9 Å². The number of carbonyl (C=O) groups excluding carboxylic acids is 1. The number of hydrogen-bond donors (Lipinski definition) is 2. The molecule has 1 unspecified atom stereocenters. The van der Waals surface area contributed by atoms with E-state index in [1.54, 1.807) is 16.8 Å². The maximum absolute atomic E-state index is 13.1. The van der Waals surface area contributed by atoms with Gasteiger partial charge in [0.2, 0.25) is 5.91 Å². The molecule has 1 aliphatic rings. The molecule has 1 amide bonds. The van der Waals surface area contributed by atoms with Gasteiger partial charge in [0, 0.05) is 51.3 Å². The third-order valence-corrected chi connectivity index (χ3v) is 4.90. The molecule has 156 valence electrons. The van der Waals surface area contributed by atoms with Crippen molar-refractivity contribution in [3.63, 3.8) is 0 Å². The van der Waals surface area contributed by atoms with E-state index < -0.39 is 0 Å². The maximum Gasteiger partial charge on any atom is 0.222 e. The largest absolute Gasteiger partial charge is 0.357 e. The van der Waals surface area contributed by atoms with Gasteiger partial charge in [0.05, 0.1) is 11.4 Å². The molecule has 2 N–H and O–H groups in total. The molecule has 0 radical (unpaired) electrons. The van der Waals surface area contributed by atoms with Crippen LogP contribution < -0.4 is 10.6 Å². The third kappa shape index (κ3) is 5.79. The minimum Gasteiger partial charge on any atom is -0.357 e. The zero-order chi connectivity index (χ0) is 20.6. The van der Waals surface area contributed by atoms with E-state index in [9.17, 15) is 9.18 Å². The molecule has 1 atom stereocenters. The molecule has 2 heterocycles. The standard InChI is InChI=1S/C21H29FN6O/c1-3-20(29)27-13-10-18(15-27)25-21(23-4-2)24-12-9-17-11-14-28(26-17)19-7-5-16(22)6-8-19/h5-8,11,14,18H,3-4,9-10,12-13,15H2,1-2H3,(H2,23,24,25). The summed E-state index contributed by atoms with van der Waals surface area (Å²) in [6, 6.07) is 8.42. The molecule has 1 aromatic carbocycles. The first-order chi connectivity index (χ1) is 14.1. The predicted octanol–water partition coefficient (Wildman–Crippen LogP) is 2.12. The van der Waals surface area contributed by atoms with Gasteiger partial charge in [-0.1, -0.05) is 6.92 Å². The summed E-state index contributed by atoms with van der Waals surface area (Å²) in [5.41, 5.74) is 1.75. The number of guanidine groups is 1.